The normalized spacial score (nSPS) is 11.4. The molecular formula is C21H23NO5. The molecule has 0 heterocycles. The summed E-state index contributed by atoms with van der Waals surface area (Å²) in [6, 6.07) is 13.7. The number of methoxy groups -OCH3 is 1. The molecule has 1 atom stereocenters. The van der Waals surface area contributed by atoms with Gasteiger partial charge >= 0.3 is 5.97 Å². The minimum atomic E-state index is -0.471. The molecule has 0 radical (unpaired) electrons. The molecule has 6 heteroatoms. The molecule has 6 nitrogen and oxygen atoms in total. The number of esters is 1. The number of carbonyl (C=O) groups is 3. The van der Waals surface area contributed by atoms with Crippen molar-refractivity contribution in [2.24, 2.45) is 0 Å². The van der Waals surface area contributed by atoms with Crippen LogP contribution in [0.25, 0.3) is 0 Å². The van der Waals surface area contributed by atoms with Crippen molar-refractivity contribution in [3.8, 4) is 5.75 Å². The maximum atomic E-state index is 12.3. The fourth-order valence-corrected chi connectivity index (χ4v) is 2.68. The molecule has 0 saturated heterocycles. The first-order valence-electron chi connectivity index (χ1n) is 8.56. The highest BCUT2D eigenvalue weighted by Gasteiger charge is 2.18. The summed E-state index contributed by atoms with van der Waals surface area (Å²) in [5.41, 5.74) is 1.94. The maximum absolute atomic E-state index is 12.3. The molecular weight excluding hydrogens is 346 g/mol. The van der Waals surface area contributed by atoms with Gasteiger partial charge in [0.05, 0.1) is 19.6 Å². The summed E-state index contributed by atoms with van der Waals surface area (Å²) in [5.74, 6) is -0.241. The van der Waals surface area contributed by atoms with E-state index in [-0.39, 0.29) is 24.7 Å². The highest BCUT2D eigenvalue weighted by atomic mass is 16.5. The monoisotopic (exact) mass is 369 g/mol. The van der Waals surface area contributed by atoms with E-state index in [2.05, 4.69) is 5.32 Å². The van der Waals surface area contributed by atoms with Gasteiger partial charge in [-0.3, -0.25) is 14.4 Å². The fourth-order valence-electron chi connectivity index (χ4n) is 2.68. The molecule has 142 valence electrons. The molecule has 2 aromatic rings. The van der Waals surface area contributed by atoms with Crippen LogP contribution in [-0.4, -0.2) is 24.8 Å². The van der Waals surface area contributed by atoms with Crippen LogP contribution in [0.1, 0.15) is 47.8 Å². The minimum absolute atomic E-state index is 0.00168. The SMILES string of the molecule is COc1ccc(C(C)=O)cc1COC(=O)C[C@@H](NC(C)=O)c1ccccc1. The summed E-state index contributed by atoms with van der Waals surface area (Å²) in [7, 11) is 1.51. The number of ether oxygens (including phenoxy) is 2. The van der Waals surface area contributed by atoms with Crippen LogP contribution in [0.15, 0.2) is 48.5 Å². The molecule has 2 rings (SSSR count). The number of amides is 1. The van der Waals surface area contributed by atoms with E-state index in [1.807, 2.05) is 30.3 Å². The van der Waals surface area contributed by atoms with Crippen molar-refractivity contribution < 1.29 is 23.9 Å². The molecule has 27 heavy (non-hydrogen) atoms. The first-order chi connectivity index (χ1) is 12.9. The van der Waals surface area contributed by atoms with Crippen molar-refractivity contribution in [3.63, 3.8) is 0 Å². The number of nitrogens with one attached hydrogen (secondary N) is 1. The Labute approximate surface area is 158 Å². The van der Waals surface area contributed by atoms with Crippen molar-refractivity contribution in [1.29, 1.82) is 0 Å². The zero-order valence-electron chi connectivity index (χ0n) is 15.7. The van der Waals surface area contributed by atoms with Crippen molar-refractivity contribution in [2.75, 3.05) is 7.11 Å². The van der Waals surface area contributed by atoms with Gasteiger partial charge in [0.15, 0.2) is 5.78 Å². The second-order valence-electron chi connectivity index (χ2n) is 6.11. The Morgan fingerprint density at radius 3 is 2.33 bits per heavy atom. The third-order valence-electron chi connectivity index (χ3n) is 4.03. The molecule has 0 aliphatic heterocycles. The first kappa shape index (κ1) is 20.2. The lowest BCUT2D eigenvalue weighted by Crippen LogP contribution is -2.28. The van der Waals surface area contributed by atoms with Gasteiger partial charge in [-0.05, 0) is 30.7 Å². The third-order valence-corrected chi connectivity index (χ3v) is 4.03. The summed E-state index contributed by atoms with van der Waals surface area (Å²) >= 11 is 0. The average molecular weight is 369 g/mol. The number of hydrogen-bond acceptors (Lipinski definition) is 5. The summed E-state index contributed by atoms with van der Waals surface area (Å²) in [5, 5.41) is 2.76. The van der Waals surface area contributed by atoms with Crippen LogP contribution in [0.5, 0.6) is 5.75 Å². The van der Waals surface area contributed by atoms with Gasteiger partial charge in [0.1, 0.15) is 12.4 Å². The van der Waals surface area contributed by atoms with E-state index in [0.29, 0.717) is 16.9 Å². The van der Waals surface area contributed by atoms with Gasteiger partial charge in [-0.15, -0.1) is 0 Å². The average Bonchev–Trinajstić information content (AvgIpc) is 2.65. The van der Waals surface area contributed by atoms with Gasteiger partial charge in [0.25, 0.3) is 0 Å². The molecule has 0 unspecified atom stereocenters. The van der Waals surface area contributed by atoms with Gasteiger partial charge in [0.2, 0.25) is 5.91 Å². The zero-order chi connectivity index (χ0) is 19.8. The lowest BCUT2D eigenvalue weighted by atomic mass is 10.0. The quantitative estimate of drug-likeness (QED) is 0.571. The van der Waals surface area contributed by atoms with Crippen LogP contribution in [-0.2, 0) is 20.9 Å². The molecule has 2 aromatic carbocycles. The van der Waals surface area contributed by atoms with Crippen LogP contribution >= 0.6 is 0 Å². The second-order valence-corrected chi connectivity index (χ2v) is 6.11. The van der Waals surface area contributed by atoms with E-state index in [4.69, 9.17) is 9.47 Å². The van der Waals surface area contributed by atoms with Gasteiger partial charge in [-0.25, -0.2) is 0 Å². The van der Waals surface area contributed by atoms with E-state index >= 15 is 0 Å². The summed E-state index contributed by atoms with van der Waals surface area (Å²) in [6.45, 7) is 2.85. The molecule has 1 N–H and O–H groups in total. The van der Waals surface area contributed by atoms with Crippen LogP contribution in [0.4, 0.5) is 0 Å². The number of ketones is 1. The van der Waals surface area contributed by atoms with Gasteiger partial charge in [-0.1, -0.05) is 30.3 Å². The predicted molar refractivity (Wildman–Crippen MR) is 100 cm³/mol. The smallest absolute Gasteiger partial charge is 0.308 e. The Hall–Kier alpha value is -3.15. The Balaban J connectivity index is 2.07. The molecule has 0 fully saturated rings. The molecule has 1 amide bonds. The Morgan fingerprint density at radius 2 is 1.74 bits per heavy atom. The van der Waals surface area contributed by atoms with Crippen molar-refractivity contribution in [2.45, 2.75) is 32.9 Å². The maximum Gasteiger partial charge on any atom is 0.308 e. The predicted octanol–water partition coefficient (Wildman–Crippen LogP) is 3.21. The van der Waals surface area contributed by atoms with E-state index < -0.39 is 12.0 Å². The third kappa shape index (κ3) is 5.95. The van der Waals surface area contributed by atoms with Crippen LogP contribution in [0.3, 0.4) is 0 Å². The zero-order valence-corrected chi connectivity index (χ0v) is 15.7. The second kappa shape index (κ2) is 9.52. The number of rotatable bonds is 8. The summed E-state index contributed by atoms with van der Waals surface area (Å²) < 4.78 is 10.6. The Morgan fingerprint density at radius 1 is 1.04 bits per heavy atom. The van der Waals surface area contributed by atoms with Gasteiger partial charge < -0.3 is 14.8 Å². The molecule has 0 spiro atoms. The number of carbonyl (C=O) groups excluding carboxylic acids is 3. The lowest BCUT2D eigenvalue weighted by molar-refractivity contribution is -0.145. The minimum Gasteiger partial charge on any atom is -0.496 e. The standard InChI is InChI=1S/C21H23NO5/c1-14(23)17-9-10-20(26-3)18(11-17)13-27-21(25)12-19(22-15(2)24)16-7-5-4-6-8-16/h4-11,19H,12-13H2,1-3H3,(H,22,24)/t19-/m1/s1. The molecule has 0 aromatic heterocycles. The van der Waals surface area contributed by atoms with Gasteiger partial charge in [-0.2, -0.15) is 0 Å². The first-order valence-corrected chi connectivity index (χ1v) is 8.56. The Kier molecular flexibility index (Phi) is 7.11. The fraction of sp³-hybridized carbons (Fsp3) is 0.286. The van der Waals surface area contributed by atoms with Crippen molar-refractivity contribution in [3.05, 3.63) is 65.2 Å². The summed E-state index contributed by atoms with van der Waals surface area (Å²) in [4.78, 5) is 35.3. The molecule has 0 aliphatic rings. The topological polar surface area (TPSA) is 81.7 Å². The van der Waals surface area contributed by atoms with Crippen LogP contribution in [0, 0.1) is 0 Å². The highest BCUT2D eigenvalue weighted by molar-refractivity contribution is 5.94. The number of benzene rings is 2. The van der Waals surface area contributed by atoms with E-state index in [1.54, 1.807) is 18.2 Å². The molecule has 0 saturated carbocycles. The van der Waals surface area contributed by atoms with E-state index in [9.17, 15) is 14.4 Å². The Bertz CT molecular complexity index is 817. The van der Waals surface area contributed by atoms with Crippen LogP contribution in [0.2, 0.25) is 0 Å². The molecule has 0 bridgehead atoms. The summed E-state index contributed by atoms with van der Waals surface area (Å²) in [6.07, 6.45) is -0.00168. The number of hydrogen-bond donors (Lipinski definition) is 1. The molecule has 0 aliphatic carbocycles. The van der Waals surface area contributed by atoms with E-state index in [0.717, 1.165) is 5.56 Å². The highest BCUT2D eigenvalue weighted by Crippen LogP contribution is 2.22. The van der Waals surface area contributed by atoms with Gasteiger partial charge in [0, 0.05) is 18.1 Å². The van der Waals surface area contributed by atoms with Crippen LogP contribution < -0.4 is 10.1 Å². The largest absolute Gasteiger partial charge is 0.496 e. The van der Waals surface area contributed by atoms with E-state index in [1.165, 1.54) is 21.0 Å². The lowest BCUT2D eigenvalue weighted by Gasteiger charge is -2.18. The van der Waals surface area contributed by atoms with Crippen molar-refractivity contribution in [1.82, 2.24) is 5.32 Å². The van der Waals surface area contributed by atoms with Crippen molar-refractivity contribution >= 4 is 17.7 Å². The number of Topliss-reactive ketones (excluding diaryl/α,β-unsaturated/α-hetero) is 1.